The Balaban J connectivity index is 0.000000242. The summed E-state index contributed by atoms with van der Waals surface area (Å²) >= 11 is 0. The number of carbonyl (C=O) groups is 2. The minimum absolute atomic E-state index is 0.558. The Kier molecular flexibility index (Phi) is 6.47. The molecule has 25 heavy (non-hydrogen) atoms. The third-order valence-electron chi connectivity index (χ3n) is 3.78. The Hall–Kier alpha value is -2.93. The molecule has 0 unspecified atom stereocenters. The molecule has 1 aromatic heterocycles. The molecular weight excluding hydrogens is 322 g/mol. The predicted octanol–water partition coefficient (Wildman–Crippen LogP) is 1.70. The Morgan fingerprint density at radius 1 is 0.960 bits per heavy atom. The second kappa shape index (κ2) is 8.79. The number of aromatic nitrogens is 1. The van der Waals surface area contributed by atoms with Gasteiger partial charge < -0.3 is 20.0 Å². The maximum absolute atomic E-state index is 9.55. The van der Waals surface area contributed by atoms with Gasteiger partial charge in [-0.1, -0.05) is 18.2 Å². The summed E-state index contributed by atoms with van der Waals surface area (Å²) in [6.45, 7) is 4.38. The van der Waals surface area contributed by atoms with E-state index in [1.54, 1.807) is 0 Å². The van der Waals surface area contributed by atoms with Crippen LogP contribution in [0, 0.1) is 0 Å². The van der Waals surface area contributed by atoms with E-state index in [0.29, 0.717) is 12.2 Å². The Labute approximate surface area is 145 Å². The quantitative estimate of drug-likeness (QED) is 0.819. The first kappa shape index (κ1) is 18.4. The molecule has 3 rings (SSSR count). The molecule has 1 saturated heterocycles. The van der Waals surface area contributed by atoms with Crippen LogP contribution in [0.25, 0.3) is 10.9 Å². The monoisotopic (exact) mass is 343 g/mol. The molecule has 1 aliphatic rings. The molecule has 7 heteroatoms. The highest BCUT2D eigenvalue weighted by molar-refractivity contribution is 5.89. The van der Waals surface area contributed by atoms with Crippen molar-refractivity contribution < 1.29 is 19.8 Å². The molecule has 1 aromatic carbocycles. The molecule has 2 N–H and O–H groups in total. The number of benzene rings is 1. The third kappa shape index (κ3) is 5.89. The van der Waals surface area contributed by atoms with Gasteiger partial charge >= 0.3 is 11.9 Å². The maximum atomic E-state index is 9.55. The van der Waals surface area contributed by atoms with Crippen LogP contribution < -0.4 is 4.90 Å². The van der Waals surface area contributed by atoms with E-state index < -0.39 is 11.9 Å². The minimum Gasteiger partial charge on any atom is -0.478 e. The number of carboxylic acids is 2. The van der Waals surface area contributed by atoms with E-state index >= 15 is 0 Å². The first-order valence-corrected chi connectivity index (χ1v) is 7.89. The first-order valence-electron chi connectivity index (χ1n) is 7.89. The molecule has 2 aromatic rings. The van der Waals surface area contributed by atoms with Gasteiger partial charge in [-0.15, -0.1) is 0 Å². The molecule has 1 aliphatic heterocycles. The van der Waals surface area contributed by atoms with Gasteiger partial charge in [0.25, 0.3) is 0 Å². The molecule has 0 amide bonds. The Bertz CT molecular complexity index is 752. The van der Waals surface area contributed by atoms with Gasteiger partial charge in [0.1, 0.15) is 5.82 Å². The summed E-state index contributed by atoms with van der Waals surface area (Å²) < 4.78 is 0. The first-order chi connectivity index (χ1) is 12.0. The fourth-order valence-corrected chi connectivity index (χ4v) is 2.41. The number of hydrogen-bond donors (Lipinski definition) is 2. The summed E-state index contributed by atoms with van der Waals surface area (Å²) in [5.41, 5.74) is 1.09. The van der Waals surface area contributed by atoms with E-state index in [2.05, 4.69) is 47.2 Å². The van der Waals surface area contributed by atoms with Gasteiger partial charge in [-0.3, -0.25) is 0 Å². The van der Waals surface area contributed by atoms with E-state index in [1.807, 2.05) is 6.07 Å². The Morgan fingerprint density at radius 3 is 2.16 bits per heavy atom. The average molecular weight is 343 g/mol. The second-order valence-corrected chi connectivity index (χ2v) is 5.66. The van der Waals surface area contributed by atoms with Crippen molar-refractivity contribution in [2.75, 3.05) is 38.1 Å². The highest BCUT2D eigenvalue weighted by Crippen LogP contribution is 2.18. The van der Waals surface area contributed by atoms with Crippen LogP contribution in [-0.4, -0.2) is 65.3 Å². The molecule has 7 nitrogen and oxygen atoms in total. The fourth-order valence-electron chi connectivity index (χ4n) is 2.41. The van der Waals surface area contributed by atoms with Gasteiger partial charge in [0.2, 0.25) is 0 Å². The second-order valence-electron chi connectivity index (χ2n) is 5.66. The molecule has 0 atom stereocenters. The molecule has 1 fully saturated rings. The van der Waals surface area contributed by atoms with Gasteiger partial charge in [0.05, 0.1) is 5.52 Å². The highest BCUT2D eigenvalue weighted by Gasteiger charge is 2.15. The lowest BCUT2D eigenvalue weighted by Crippen LogP contribution is -2.44. The van der Waals surface area contributed by atoms with Gasteiger partial charge in [0.15, 0.2) is 0 Å². The van der Waals surface area contributed by atoms with Gasteiger partial charge in [-0.05, 0) is 25.2 Å². The van der Waals surface area contributed by atoms with Gasteiger partial charge in [-0.25, -0.2) is 14.6 Å². The predicted molar refractivity (Wildman–Crippen MR) is 95.9 cm³/mol. The molecule has 0 aliphatic carbocycles. The SMILES string of the molecule is CN1CCN(c2ccc3ccccc3n2)CC1.O=C(O)/C=C/C(=O)O. The number of aliphatic carboxylic acids is 2. The topological polar surface area (TPSA) is 94.0 Å². The number of rotatable bonds is 3. The van der Waals surface area contributed by atoms with Crippen LogP contribution in [0.3, 0.4) is 0 Å². The number of nitrogens with zero attached hydrogens (tertiary/aromatic N) is 3. The van der Waals surface area contributed by atoms with Crippen LogP contribution in [0.1, 0.15) is 0 Å². The van der Waals surface area contributed by atoms with E-state index in [9.17, 15) is 9.59 Å². The molecule has 0 spiro atoms. The number of anilines is 1. The smallest absolute Gasteiger partial charge is 0.328 e. The Morgan fingerprint density at radius 2 is 1.56 bits per heavy atom. The van der Waals surface area contributed by atoms with E-state index in [4.69, 9.17) is 15.2 Å². The summed E-state index contributed by atoms with van der Waals surface area (Å²) in [7, 11) is 2.17. The molecule has 0 saturated carbocycles. The normalized spacial score (nSPS) is 15.0. The highest BCUT2D eigenvalue weighted by atomic mass is 16.4. The van der Waals surface area contributed by atoms with Crippen molar-refractivity contribution in [2.45, 2.75) is 0 Å². The van der Waals surface area contributed by atoms with Crippen LogP contribution in [0.4, 0.5) is 5.82 Å². The standard InChI is InChI=1S/C14H17N3.C4H4O4/c1-16-8-10-17(11-9-16)14-7-6-12-4-2-3-5-13(12)15-14;5-3(6)1-2-4(7)8/h2-7H,8-11H2,1H3;1-2H,(H,5,6)(H,7,8)/b;2-1+. The molecule has 132 valence electrons. The van der Waals surface area contributed by atoms with Crippen molar-refractivity contribution in [3.05, 3.63) is 48.6 Å². The average Bonchev–Trinajstić information content (AvgIpc) is 2.61. The summed E-state index contributed by atoms with van der Waals surface area (Å²) in [6, 6.07) is 12.6. The van der Waals surface area contributed by atoms with E-state index in [1.165, 1.54) is 5.39 Å². The summed E-state index contributed by atoms with van der Waals surface area (Å²) in [5.74, 6) is -1.41. The van der Waals surface area contributed by atoms with Crippen molar-refractivity contribution in [3.63, 3.8) is 0 Å². The zero-order valence-corrected chi connectivity index (χ0v) is 14.0. The fraction of sp³-hybridized carbons (Fsp3) is 0.278. The summed E-state index contributed by atoms with van der Waals surface area (Å²) in [6.07, 6.45) is 1.12. The van der Waals surface area contributed by atoms with Gasteiger partial charge in [-0.2, -0.15) is 0 Å². The van der Waals surface area contributed by atoms with Crippen LogP contribution in [0.2, 0.25) is 0 Å². The summed E-state index contributed by atoms with van der Waals surface area (Å²) in [5, 5.41) is 16.8. The van der Waals surface area contributed by atoms with Crippen molar-refractivity contribution in [3.8, 4) is 0 Å². The van der Waals surface area contributed by atoms with Crippen LogP contribution in [-0.2, 0) is 9.59 Å². The number of pyridine rings is 1. The molecule has 0 radical (unpaired) electrons. The number of carboxylic acid groups (broad SMARTS) is 2. The zero-order valence-electron chi connectivity index (χ0n) is 14.0. The van der Waals surface area contributed by atoms with Crippen LogP contribution in [0.15, 0.2) is 48.6 Å². The van der Waals surface area contributed by atoms with E-state index in [0.717, 1.165) is 37.5 Å². The van der Waals surface area contributed by atoms with Crippen molar-refractivity contribution in [1.82, 2.24) is 9.88 Å². The van der Waals surface area contributed by atoms with Gasteiger partial charge in [0, 0.05) is 43.7 Å². The number of para-hydroxylation sites is 1. The minimum atomic E-state index is -1.26. The lowest BCUT2D eigenvalue weighted by Gasteiger charge is -2.33. The van der Waals surface area contributed by atoms with Crippen molar-refractivity contribution in [2.24, 2.45) is 0 Å². The number of piperazine rings is 1. The largest absolute Gasteiger partial charge is 0.478 e. The lowest BCUT2D eigenvalue weighted by molar-refractivity contribution is -0.134. The van der Waals surface area contributed by atoms with Crippen LogP contribution >= 0.6 is 0 Å². The lowest BCUT2D eigenvalue weighted by atomic mass is 10.2. The zero-order chi connectivity index (χ0) is 18.2. The third-order valence-corrected chi connectivity index (χ3v) is 3.78. The van der Waals surface area contributed by atoms with Crippen molar-refractivity contribution in [1.29, 1.82) is 0 Å². The van der Waals surface area contributed by atoms with Crippen molar-refractivity contribution >= 4 is 28.7 Å². The van der Waals surface area contributed by atoms with E-state index in [-0.39, 0.29) is 0 Å². The number of likely N-dealkylation sites (N-methyl/N-ethyl adjacent to an activating group) is 1. The number of hydrogen-bond acceptors (Lipinski definition) is 5. The maximum Gasteiger partial charge on any atom is 0.328 e. The molecule has 0 bridgehead atoms. The summed E-state index contributed by atoms with van der Waals surface area (Å²) in [4.78, 5) is 28.6. The molecule has 2 heterocycles. The number of fused-ring (bicyclic) bond motifs is 1. The molecular formula is C18H21N3O4. The van der Waals surface area contributed by atoms with Crippen LogP contribution in [0.5, 0.6) is 0 Å².